The third-order valence-electron chi connectivity index (χ3n) is 5.93. The third kappa shape index (κ3) is 5.40. The Morgan fingerprint density at radius 3 is 2.44 bits per heavy atom. The van der Waals surface area contributed by atoms with Crippen molar-refractivity contribution in [2.75, 3.05) is 31.1 Å². The van der Waals surface area contributed by atoms with Crippen LogP contribution in [-0.4, -0.2) is 61.2 Å². The van der Waals surface area contributed by atoms with Gasteiger partial charge in [0.2, 0.25) is 0 Å². The van der Waals surface area contributed by atoms with Crippen LogP contribution in [0.4, 0.5) is 5.82 Å². The molecule has 1 N–H and O–H groups in total. The molecule has 1 fully saturated rings. The molecule has 5 heterocycles. The minimum Gasteiger partial charge on any atom is -0.354 e. The number of hydrogen-bond donors (Lipinski definition) is 1. The minimum atomic E-state index is 0.531. The van der Waals surface area contributed by atoms with Crippen molar-refractivity contribution in [3.8, 4) is 11.4 Å². The van der Waals surface area contributed by atoms with Crippen molar-refractivity contribution < 1.29 is 0 Å². The van der Waals surface area contributed by atoms with Gasteiger partial charge < -0.3 is 4.90 Å². The summed E-state index contributed by atoms with van der Waals surface area (Å²) in [6.07, 6.45) is 4.39. The summed E-state index contributed by atoms with van der Waals surface area (Å²) in [5, 5.41) is 7.84. The molecule has 1 aliphatic heterocycles. The van der Waals surface area contributed by atoms with E-state index < -0.39 is 0 Å². The first-order chi connectivity index (χ1) is 16.5. The van der Waals surface area contributed by atoms with Crippen molar-refractivity contribution in [3.63, 3.8) is 0 Å². The third-order valence-corrected chi connectivity index (χ3v) is 6.15. The van der Waals surface area contributed by atoms with Gasteiger partial charge in [-0.1, -0.05) is 17.7 Å². The number of anilines is 1. The van der Waals surface area contributed by atoms with Gasteiger partial charge in [0.1, 0.15) is 11.0 Å². The van der Waals surface area contributed by atoms with Crippen LogP contribution in [0.1, 0.15) is 28.3 Å². The number of aromatic amines is 1. The topological polar surface area (TPSA) is 86.7 Å². The van der Waals surface area contributed by atoms with E-state index in [0.29, 0.717) is 17.4 Å². The number of H-pyrrole nitrogens is 1. The van der Waals surface area contributed by atoms with Crippen LogP contribution >= 0.6 is 11.6 Å². The summed E-state index contributed by atoms with van der Waals surface area (Å²) in [4.78, 5) is 23.1. The van der Waals surface area contributed by atoms with E-state index in [0.717, 1.165) is 66.9 Å². The fourth-order valence-electron chi connectivity index (χ4n) is 4.20. The smallest absolute Gasteiger partial charge is 0.161 e. The summed E-state index contributed by atoms with van der Waals surface area (Å²) in [6.45, 7) is 8.69. The molecule has 0 aliphatic carbocycles. The Hall–Kier alpha value is -3.36. The highest BCUT2D eigenvalue weighted by Gasteiger charge is 2.18. The van der Waals surface area contributed by atoms with Crippen LogP contribution < -0.4 is 4.90 Å². The zero-order valence-electron chi connectivity index (χ0n) is 19.4. The molecule has 0 unspecified atom stereocenters. The minimum absolute atomic E-state index is 0.531. The Bertz CT molecular complexity index is 1240. The van der Waals surface area contributed by atoms with Crippen LogP contribution in [0.2, 0.25) is 5.15 Å². The number of hydrogen-bond acceptors (Lipinski definition) is 7. The lowest BCUT2D eigenvalue weighted by Gasteiger charge is -2.35. The second-order valence-electron chi connectivity index (χ2n) is 8.70. The van der Waals surface area contributed by atoms with Crippen molar-refractivity contribution in [1.82, 2.24) is 35.0 Å². The lowest BCUT2D eigenvalue weighted by atomic mass is 10.2. The van der Waals surface area contributed by atoms with Gasteiger partial charge in [0.15, 0.2) is 5.82 Å². The number of halogens is 1. The first-order valence-corrected chi connectivity index (χ1v) is 11.8. The number of aromatic nitrogens is 6. The number of nitrogens with one attached hydrogen (secondary N) is 1. The van der Waals surface area contributed by atoms with Crippen LogP contribution in [0.25, 0.3) is 11.4 Å². The molecule has 1 aliphatic rings. The lowest BCUT2D eigenvalue weighted by molar-refractivity contribution is 0.249. The van der Waals surface area contributed by atoms with E-state index in [1.165, 1.54) is 5.56 Å². The molecule has 8 nitrogen and oxygen atoms in total. The van der Waals surface area contributed by atoms with E-state index in [9.17, 15) is 0 Å². The van der Waals surface area contributed by atoms with E-state index in [2.05, 4.69) is 42.1 Å². The first-order valence-electron chi connectivity index (χ1n) is 11.4. The maximum Gasteiger partial charge on any atom is 0.161 e. The van der Waals surface area contributed by atoms with Gasteiger partial charge in [0, 0.05) is 68.5 Å². The number of pyridine rings is 2. The van der Waals surface area contributed by atoms with Crippen molar-refractivity contribution in [2.45, 2.75) is 26.8 Å². The second-order valence-corrected chi connectivity index (χ2v) is 9.09. The highest BCUT2D eigenvalue weighted by molar-refractivity contribution is 6.29. The SMILES string of the molecule is Cc1cc(Cc2cc(C)[nH]n2)nc(-c2ccc(N3CCN(Cc4ccc(Cl)nc4)CC3)nc2)n1. The van der Waals surface area contributed by atoms with Crippen LogP contribution in [0.3, 0.4) is 0 Å². The molecule has 0 radical (unpaired) electrons. The standard InChI is InChI=1S/C25H27ClN8/c1-17-11-21(13-22-12-18(2)31-32-22)30-25(29-17)20-4-6-24(28-15-20)34-9-7-33(8-10-34)16-19-3-5-23(26)27-14-19/h3-6,11-12,14-15H,7-10,13,16H2,1-2H3,(H,31,32). The van der Waals surface area contributed by atoms with Gasteiger partial charge in [0.25, 0.3) is 0 Å². The molecule has 0 amide bonds. The summed E-state index contributed by atoms with van der Waals surface area (Å²) in [6, 6.07) is 12.1. The van der Waals surface area contributed by atoms with E-state index in [1.54, 1.807) is 0 Å². The summed E-state index contributed by atoms with van der Waals surface area (Å²) in [5.41, 5.74) is 6.00. The fraction of sp³-hybridized carbons (Fsp3) is 0.320. The van der Waals surface area contributed by atoms with Crippen LogP contribution in [0.5, 0.6) is 0 Å². The molecule has 9 heteroatoms. The number of rotatable bonds is 6. The van der Waals surface area contributed by atoms with Gasteiger partial charge in [-0.15, -0.1) is 0 Å². The molecule has 0 atom stereocenters. The van der Waals surface area contributed by atoms with Crippen LogP contribution in [0.15, 0.2) is 48.8 Å². The van der Waals surface area contributed by atoms with Crippen LogP contribution in [0, 0.1) is 13.8 Å². The zero-order valence-corrected chi connectivity index (χ0v) is 20.1. The van der Waals surface area contributed by atoms with E-state index >= 15 is 0 Å². The molecular formula is C25H27ClN8. The Morgan fingerprint density at radius 1 is 0.912 bits per heavy atom. The molecule has 174 valence electrons. The van der Waals surface area contributed by atoms with Crippen LogP contribution in [-0.2, 0) is 13.0 Å². The predicted octanol–water partition coefficient (Wildman–Crippen LogP) is 3.84. The number of piperazine rings is 1. The molecule has 0 saturated carbocycles. The summed E-state index contributed by atoms with van der Waals surface area (Å²) in [7, 11) is 0. The van der Waals surface area contributed by atoms with E-state index in [1.807, 2.05) is 50.5 Å². The Labute approximate surface area is 204 Å². The van der Waals surface area contributed by atoms with Crippen molar-refractivity contribution in [1.29, 1.82) is 0 Å². The van der Waals surface area contributed by atoms with Gasteiger partial charge in [0.05, 0.1) is 11.4 Å². The Balaban J connectivity index is 1.22. The summed E-state index contributed by atoms with van der Waals surface area (Å²) >= 11 is 5.89. The molecule has 5 rings (SSSR count). The number of aryl methyl sites for hydroxylation is 2. The highest BCUT2D eigenvalue weighted by atomic mass is 35.5. The van der Waals surface area contributed by atoms with Gasteiger partial charge >= 0.3 is 0 Å². The second kappa shape index (κ2) is 9.87. The van der Waals surface area contributed by atoms with E-state index in [-0.39, 0.29) is 0 Å². The molecule has 4 aromatic heterocycles. The van der Waals surface area contributed by atoms with Gasteiger partial charge in [-0.2, -0.15) is 5.10 Å². The Morgan fingerprint density at radius 2 is 1.76 bits per heavy atom. The quantitative estimate of drug-likeness (QED) is 0.425. The highest BCUT2D eigenvalue weighted by Crippen LogP contribution is 2.21. The maximum absolute atomic E-state index is 5.89. The molecule has 0 aromatic carbocycles. The van der Waals surface area contributed by atoms with Gasteiger partial charge in [-0.3, -0.25) is 10.00 Å². The lowest BCUT2D eigenvalue weighted by Crippen LogP contribution is -2.46. The van der Waals surface area contributed by atoms with Crippen molar-refractivity contribution >= 4 is 17.4 Å². The zero-order chi connectivity index (χ0) is 23.5. The monoisotopic (exact) mass is 474 g/mol. The molecule has 34 heavy (non-hydrogen) atoms. The maximum atomic E-state index is 5.89. The average Bonchev–Trinajstić information content (AvgIpc) is 3.25. The largest absolute Gasteiger partial charge is 0.354 e. The number of nitrogens with zero attached hydrogens (tertiary/aromatic N) is 7. The normalized spacial score (nSPS) is 14.5. The van der Waals surface area contributed by atoms with Crippen molar-refractivity contribution in [3.05, 3.63) is 82.3 Å². The first kappa shape index (κ1) is 22.4. The van der Waals surface area contributed by atoms with Gasteiger partial charge in [-0.25, -0.2) is 19.9 Å². The molecular weight excluding hydrogens is 448 g/mol. The summed E-state index contributed by atoms with van der Waals surface area (Å²) < 4.78 is 0. The predicted molar refractivity (Wildman–Crippen MR) is 133 cm³/mol. The molecule has 0 spiro atoms. The molecule has 1 saturated heterocycles. The fourth-order valence-corrected chi connectivity index (χ4v) is 4.31. The average molecular weight is 475 g/mol. The van der Waals surface area contributed by atoms with Gasteiger partial charge in [-0.05, 0) is 49.7 Å². The molecule has 4 aromatic rings. The Kier molecular flexibility index (Phi) is 6.51. The summed E-state index contributed by atoms with van der Waals surface area (Å²) in [5.74, 6) is 1.68. The van der Waals surface area contributed by atoms with Crippen molar-refractivity contribution in [2.24, 2.45) is 0 Å². The molecule has 0 bridgehead atoms. The van der Waals surface area contributed by atoms with E-state index in [4.69, 9.17) is 21.6 Å².